The zero-order valence-electron chi connectivity index (χ0n) is 20.0. The van der Waals surface area contributed by atoms with Crippen LogP contribution < -0.4 is 5.32 Å². The highest BCUT2D eigenvalue weighted by atomic mass is 19.1. The van der Waals surface area contributed by atoms with Crippen LogP contribution in [0.5, 0.6) is 0 Å². The summed E-state index contributed by atoms with van der Waals surface area (Å²) in [5.74, 6) is -0.303. The molecule has 0 spiro atoms. The predicted molar refractivity (Wildman–Crippen MR) is 136 cm³/mol. The first-order valence-corrected chi connectivity index (χ1v) is 12.1. The van der Waals surface area contributed by atoms with Crippen molar-refractivity contribution < 1.29 is 23.5 Å². The van der Waals surface area contributed by atoms with Crippen LogP contribution in [-0.4, -0.2) is 48.1 Å². The summed E-state index contributed by atoms with van der Waals surface area (Å²) in [6, 6.07) is 19.0. The summed E-state index contributed by atoms with van der Waals surface area (Å²) in [6.45, 7) is 0.784. The molecule has 0 aliphatic carbocycles. The van der Waals surface area contributed by atoms with Crippen LogP contribution in [0.25, 0.3) is 33.4 Å². The summed E-state index contributed by atoms with van der Waals surface area (Å²) in [6.07, 6.45) is 2.47. The summed E-state index contributed by atoms with van der Waals surface area (Å²) in [7, 11) is 1.56. The van der Waals surface area contributed by atoms with Crippen LogP contribution in [0.1, 0.15) is 40.0 Å². The van der Waals surface area contributed by atoms with Crippen molar-refractivity contribution in [2.24, 2.45) is 0 Å². The Morgan fingerprint density at radius 3 is 2.42 bits per heavy atom. The Hall–Kier alpha value is -3.97. The topological polar surface area (TPSA) is 82.8 Å². The van der Waals surface area contributed by atoms with E-state index in [4.69, 9.17) is 4.42 Å². The Morgan fingerprint density at radius 1 is 1.03 bits per heavy atom. The van der Waals surface area contributed by atoms with Crippen molar-refractivity contribution in [1.82, 2.24) is 10.2 Å². The second kappa shape index (κ2) is 9.95. The van der Waals surface area contributed by atoms with E-state index in [9.17, 15) is 19.1 Å². The van der Waals surface area contributed by atoms with Crippen molar-refractivity contribution in [3.63, 3.8) is 0 Å². The minimum Gasteiger partial charge on any atom is -0.455 e. The molecule has 0 bridgehead atoms. The number of carbonyl (C=O) groups excluding carboxylic acids is 2. The number of fused-ring (bicyclic) bond motifs is 1. The average Bonchev–Trinajstić information content (AvgIpc) is 3.53. The van der Waals surface area contributed by atoms with Gasteiger partial charge in [0, 0.05) is 42.8 Å². The lowest BCUT2D eigenvalue weighted by atomic mass is 9.99. The molecule has 184 valence electrons. The first kappa shape index (κ1) is 23.8. The molecule has 2 heterocycles. The highest BCUT2D eigenvalue weighted by Gasteiger charge is 2.29. The summed E-state index contributed by atoms with van der Waals surface area (Å²) >= 11 is 0. The second-order valence-electron chi connectivity index (χ2n) is 8.99. The van der Waals surface area contributed by atoms with E-state index in [0.717, 1.165) is 24.0 Å². The Balaban J connectivity index is 1.49. The monoisotopic (exact) mass is 486 g/mol. The number of rotatable bonds is 6. The van der Waals surface area contributed by atoms with Crippen LogP contribution in [-0.2, 0) is 0 Å². The largest absolute Gasteiger partial charge is 0.455 e. The number of halogens is 1. The van der Waals surface area contributed by atoms with Gasteiger partial charge in [0.15, 0.2) is 0 Å². The molecule has 5 rings (SSSR count). The third kappa shape index (κ3) is 4.38. The van der Waals surface area contributed by atoms with Crippen molar-refractivity contribution in [1.29, 1.82) is 0 Å². The lowest BCUT2D eigenvalue weighted by molar-refractivity contribution is 0.0716. The van der Waals surface area contributed by atoms with Crippen LogP contribution in [0.15, 0.2) is 71.1 Å². The van der Waals surface area contributed by atoms with Gasteiger partial charge in [-0.15, -0.1) is 0 Å². The van der Waals surface area contributed by atoms with Gasteiger partial charge in [-0.05, 0) is 78.9 Å². The molecule has 1 aliphatic rings. The number of aliphatic hydroxyl groups excluding tert-OH is 1. The maximum absolute atomic E-state index is 13.4. The molecule has 3 aromatic carbocycles. The van der Waals surface area contributed by atoms with Gasteiger partial charge >= 0.3 is 0 Å². The number of nitrogens with zero attached hydrogens (tertiary/aromatic N) is 1. The average molecular weight is 487 g/mol. The van der Waals surface area contributed by atoms with Crippen LogP contribution >= 0.6 is 0 Å². The quantitative estimate of drug-likeness (QED) is 0.390. The van der Waals surface area contributed by atoms with Crippen LogP contribution in [0.4, 0.5) is 4.39 Å². The molecule has 4 aromatic rings. The van der Waals surface area contributed by atoms with Gasteiger partial charge in [-0.3, -0.25) is 9.59 Å². The van der Waals surface area contributed by atoms with Crippen LogP contribution in [0.3, 0.4) is 0 Å². The first-order chi connectivity index (χ1) is 17.5. The normalized spacial score (nSPS) is 15.4. The standard InChI is InChI=1S/C29H27FN2O4/c1-31-28(34)26-24-17-21(10-13-25(24)36-27(26)19-8-11-22(30)12-9-19)18-4-6-20(7-5-18)29(35)32-15-2-3-23(32)14-16-33/h4-13,17,23,33H,2-3,14-16H2,1H3,(H,31,34)/t23-/m0/s1. The van der Waals surface area contributed by atoms with Gasteiger partial charge < -0.3 is 19.7 Å². The van der Waals surface area contributed by atoms with Gasteiger partial charge in [-0.25, -0.2) is 4.39 Å². The molecule has 1 fully saturated rings. The number of furan rings is 1. The van der Waals surface area contributed by atoms with E-state index in [1.165, 1.54) is 12.1 Å². The van der Waals surface area contributed by atoms with Gasteiger partial charge in [0.1, 0.15) is 17.2 Å². The van der Waals surface area contributed by atoms with E-state index < -0.39 is 0 Å². The molecule has 1 atom stereocenters. The Morgan fingerprint density at radius 2 is 1.72 bits per heavy atom. The molecule has 0 unspecified atom stereocenters. The SMILES string of the molecule is CNC(=O)c1c(-c2ccc(F)cc2)oc2ccc(-c3ccc(C(=O)N4CCC[C@H]4CCO)cc3)cc12. The molecule has 1 aromatic heterocycles. The number of nitrogens with one attached hydrogen (secondary N) is 1. The fourth-order valence-electron chi connectivity index (χ4n) is 4.96. The van der Waals surface area contributed by atoms with E-state index >= 15 is 0 Å². The molecule has 1 saturated heterocycles. The lowest BCUT2D eigenvalue weighted by Gasteiger charge is -2.24. The number of carbonyl (C=O) groups is 2. The van der Waals surface area contributed by atoms with Gasteiger partial charge in [-0.2, -0.15) is 0 Å². The van der Waals surface area contributed by atoms with Crippen molar-refractivity contribution in [2.45, 2.75) is 25.3 Å². The van der Waals surface area contributed by atoms with E-state index in [0.29, 0.717) is 46.4 Å². The smallest absolute Gasteiger partial charge is 0.255 e. The molecular formula is C29H27FN2O4. The minimum atomic E-state index is -0.366. The van der Waals surface area contributed by atoms with Crippen molar-refractivity contribution in [3.8, 4) is 22.5 Å². The molecule has 1 aliphatic heterocycles. The van der Waals surface area contributed by atoms with E-state index in [2.05, 4.69) is 5.32 Å². The number of benzene rings is 3. The van der Waals surface area contributed by atoms with Crippen LogP contribution in [0, 0.1) is 5.82 Å². The molecule has 2 amide bonds. The zero-order chi connectivity index (χ0) is 25.2. The van der Waals surface area contributed by atoms with Crippen LogP contribution in [0.2, 0.25) is 0 Å². The van der Waals surface area contributed by atoms with Crippen molar-refractivity contribution in [2.75, 3.05) is 20.2 Å². The lowest BCUT2D eigenvalue weighted by Crippen LogP contribution is -2.36. The molecule has 36 heavy (non-hydrogen) atoms. The second-order valence-corrected chi connectivity index (χ2v) is 8.99. The highest BCUT2D eigenvalue weighted by Crippen LogP contribution is 2.36. The molecule has 6 nitrogen and oxygen atoms in total. The predicted octanol–water partition coefficient (Wildman–Crippen LogP) is 5.25. The molecule has 0 radical (unpaired) electrons. The zero-order valence-corrected chi connectivity index (χ0v) is 20.0. The number of amides is 2. The van der Waals surface area contributed by atoms with Gasteiger partial charge in [0.25, 0.3) is 11.8 Å². The molecule has 2 N–H and O–H groups in total. The first-order valence-electron chi connectivity index (χ1n) is 12.1. The van der Waals surface area contributed by atoms with Gasteiger partial charge in [0.05, 0.1) is 5.56 Å². The van der Waals surface area contributed by atoms with E-state index in [1.54, 1.807) is 19.2 Å². The maximum Gasteiger partial charge on any atom is 0.255 e. The number of likely N-dealkylation sites (tertiary alicyclic amines) is 1. The van der Waals surface area contributed by atoms with E-state index in [1.807, 2.05) is 47.4 Å². The Kier molecular flexibility index (Phi) is 6.57. The fraction of sp³-hybridized carbons (Fsp3) is 0.241. The third-order valence-electron chi connectivity index (χ3n) is 6.81. The summed E-state index contributed by atoms with van der Waals surface area (Å²) in [5.41, 5.74) is 3.92. The van der Waals surface area contributed by atoms with Crippen molar-refractivity contribution >= 4 is 22.8 Å². The number of hydrogen-bond donors (Lipinski definition) is 2. The van der Waals surface area contributed by atoms with Crippen molar-refractivity contribution in [3.05, 3.63) is 83.7 Å². The summed E-state index contributed by atoms with van der Waals surface area (Å²) in [4.78, 5) is 27.7. The minimum absolute atomic E-state index is 0.0198. The Labute approximate surface area is 208 Å². The fourth-order valence-corrected chi connectivity index (χ4v) is 4.96. The number of hydrogen-bond acceptors (Lipinski definition) is 4. The summed E-state index contributed by atoms with van der Waals surface area (Å²) < 4.78 is 19.5. The Bertz CT molecular complexity index is 1410. The van der Waals surface area contributed by atoms with Gasteiger partial charge in [-0.1, -0.05) is 18.2 Å². The molecule has 7 heteroatoms. The van der Waals surface area contributed by atoms with E-state index in [-0.39, 0.29) is 30.3 Å². The maximum atomic E-state index is 13.4. The number of aliphatic hydroxyl groups is 1. The molecule has 0 saturated carbocycles. The third-order valence-corrected chi connectivity index (χ3v) is 6.81. The van der Waals surface area contributed by atoms with Gasteiger partial charge in [0.2, 0.25) is 0 Å². The summed E-state index contributed by atoms with van der Waals surface area (Å²) in [5, 5.41) is 12.6. The molecular weight excluding hydrogens is 459 g/mol. The highest BCUT2D eigenvalue weighted by molar-refractivity contribution is 6.11.